The molecule has 0 radical (unpaired) electrons. The molecule has 1 unspecified atom stereocenters. The van der Waals surface area contributed by atoms with Crippen molar-refractivity contribution in [3.05, 3.63) is 29.8 Å². The van der Waals surface area contributed by atoms with Gasteiger partial charge in [0.1, 0.15) is 0 Å². The zero-order chi connectivity index (χ0) is 17.7. The number of hydrogen-bond acceptors (Lipinski definition) is 3. The normalized spacial score (nSPS) is 22.9. The van der Waals surface area contributed by atoms with E-state index in [1.807, 2.05) is 18.2 Å². The number of hydrogen-bond donors (Lipinski definition) is 2. The quantitative estimate of drug-likeness (QED) is 0.494. The molecule has 6 nitrogen and oxygen atoms in total. The van der Waals surface area contributed by atoms with Gasteiger partial charge >= 0.3 is 0 Å². The molecule has 2 fully saturated rings. The highest BCUT2D eigenvalue weighted by atomic mass is 16.5. The van der Waals surface area contributed by atoms with Crippen molar-refractivity contribution < 1.29 is 9.53 Å². The van der Waals surface area contributed by atoms with Crippen LogP contribution in [-0.2, 0) is 9.53 Å². The number of anilines is 1. The lowest BCUT2D eigenvalue weighted by Gasteiger charge is -2.24. The number of likely N-dealkylation sites (tertiary alicyclic amines) is 1. The van der Waals surface area contributed by atoms with Gasteiger partial charge < -0.3 is 20.3 Å². The summed E-state index contributed by atoms with van der Waals surface area (Å²) in [5.41, 5.74) is 1.69. The van der Waals surface area contributed by atoms with Crippen molar-refractivity contribution in [3.63, 3.8) is 0 Å². The van der Waals surface area contributed by atoms with E-state index in [9.17, 15) is 4.79 Å². The van der Waals surface area contributed by atoms with Crippen molar-refractivity contribution in [2.75, 3.05) is 45.2 Å². The van der Waals surface area contributed by atoms with E-state index < -0.39 is 0 Å². The predicted molar refractivity (Wildman–Crippen MR) is 98.4 cm³/mol. The van der Waals surface area contributed by atoms with Crippen molar-refractivity contribution in [2.45, 2.75) is 12.8 Å². The van der Waals surface area contributed by atoms with Crippen molar-refractivity contribution in [2.24, 2.45) is 10.4 Å². The summed E-state index contributed by atoms with van der Waals surface area (Å²) in [4.78, 5) is 18.7. The second-order valence-corrected chi connectivity index (χ2v) is 6.65. The van der Waals surface area contributed by atoms with E-state index in [2.05, 4.69) is 26.4 Å². The Balaban J connectivity index is 1.51. The summed E-state index contributed by atoms with van der Waals surface area (Å²) in [5, 5.41) is 5.99. The molecule has 6 heteroatoms. The lowest BCUT2D eigenvalue weighted by atomic mass is 9.87. The summed E-state index contributed by atoms with van der Waals surface area (Å²) < 4.78 is 5.56. The van der Waals surface area contributed by atoms with Crippen molar-refractivity contribution in [3.8, 4) is 12.3 Å². The molecule has 2 saturated heterocycles. The lowest BCUT2D eigenvalue weighted by Crippen LogP contribution is -2.44. The van der Waals surface area contributed by atoms with Gasteiger partial charge in [0.15, 0.2) is 5.96 Å². The maximum Gasteiger partial charge on any atom is 0.243 e. The number of aliphatic imine (C=N–C) groups is 1. The van der Waals surface area contributed by atoms with Crippen LogP contribution in [-0.4, -0.2) is 56.7 Å². The third-order valence-corrected chi connectivity index (χ3v) is 4.85. The molecule has 2 aliphatic heterocycles. The summed E-state index contributed by atoms with van der Waals surface area (Å²) in [6.45, 7) is 3.70. The minimum absolute atomic E-state index is 0.131. The minimum Gasteiger partial charge on any atom is -0.381 e. The van der Waals surface area contributed by atoms with E-state index in [-0.39, 0.29) is 17.9 Å². The maximum atomic E-state index is 12.2. The fourth-order valence-corrected chi connectivity index (χ4v) is 3.47. The molecular weight excluding hydrogens is 316 g/mol. The number of nitrogens with one attached hydrogen (secondary N) is 2. The molecule has 1 amide bonds. The fourth-order valence-electron chi connectivity index (χ4n) is 3.47. The number of benzene rings is 1. The van der Waals surface area contributed by atoms with Crippen LogP contribution in [0.2, 0.25) is 0 Å². The molecule has 25 heavy (non-hydrogen) atoms. The molecule has 2 N–H and O–H groups in total. The molecule has 132 valence electrons. The van der Waals surface area contributed by atoms with Crippen molar-refractivity contribution >= 4 is 17.6 Å². The summed E-state index contributed by atoms with van der Waals surface area (Å²) >= 11 is 0. The lowest BCUT2D eigenvalue weighted by molar-refractivity contribution is -0.115. The first-order chi connectivity index (χ1) is 12.1. The van der Waals surface area contributed by atoms with Gasteiger partial charge in [0, 0.05) is 43.4 Å². The van der Waals surface area contributed by atoms with Gasteiger partial charge in [-0.15, -0.1) is 6.42 Å². The van der Waals surface area contributed by atoms with Gasteiger partial charge in [-0.3, -0.25) is 9.79 Å². The molecule has 2 aliphatic rings. The molecule has 0 saturated carbocycles. The highest BCUT2D eigenvalue weighted by Gasteiger charge is 2.42. The van der Waals surface area contributed by atoms with E-state index in [1.165, 1.54) is 0 Å². The third-order valence-electron chi connectivity index (χ3n) is 4.85. The first kappa shape index (κ1) is 17.3. The fraction of sp³-hybridized carbons (Fsp3) is 0.474. The van der Waals surface area contributed by atoms with Gasteiger partial charge in [0.25, 0.3) is 0 Å². The van der Waals surface area contributed by atoms with Gasteiger partial charge in [-0.05, 0) is 31.0 Å². The van der Waals surface area contributed by atoms with Crippen LogP contribution in [0.4, 0.5) is 5.69 Å². The number of carbonyl (C=O) groups is 1. The first-order valence-corrected chi connectivity index (χ1v) is 8.54. The molecule has 2 heterocycles. The molecular formula is C19H24N4O2. The Labute approximate surface area is 148 Å². The summed E-state index contributed by atoms with van der Waals surface area (Å²) in [5.74, 6) is 3.19. The molecule has 1 aromatic rings. The summed E-state index contributed by atoms with van der Waals surface area (Å²) in [7, 11) is 1.74. The Morgan fingerprint density at radius 2 is 2.36 bits per heavy atom. The molecule has 0 bridgehead atoms. The van der Waals surface area contributed by atoms with E-state index in [1.54, 1.807) is 13.1 Å². The number of amides is 1. The number of carbonyl (C=O) groups excluding carboxylic acids is 1. The number of ether oxygens (including phenoxy) is 1. The van der Waals surface area contributed by atoms with Gasteiger partial charge in [0.2, 0.25) is 5.91 Å². The van der Waals surface area contributed by atoms with Gasteiger partial charge in [-0.2, -0.15) is 0 Å². The Kier molecular flexibility index (Phi) is 5.25. The molecule has 3 rings (SSSR count). The van der Waals surface area contributed by atoms with Crippen LogP contribution < -0.4 is 10.6 Å². The molecule has 0 aromatic heterocycles. The zero-order valence-corrected chi connectivity index (χ0v) is 14.5. The Morgan fingerprint density at radius 3 is 3.08 bits per heavy atom. The van der Waals surface area contributed by atoms with Crippen LogP contribution >= 0.6 is 0 Å². The van der Waals surface area contributed by atoms with Crippen LogP contribution in [0.1, 0.15) is 18.4 Å². The second kappa shape index (κ2) is 7.58. The van der Waals surface area contributed by atoms with Crippen LogP contribution in [0.25, 0.3) is 0 Å². The van der Waals surface area contributed by atoms with Crippen LogP contribution in [0.5, 0.6) is 0 Å². The number of terminal acetylenes is 1. The van der Waals surface area contributed by atoms with Crippen LogP contribution in [0, 0.1) is 17.8 Å². The second-order valence-electron chi connectivity index (χ2n) is 6.65. The topological polar surface area (TPSA) is 66.0 Å². The number of nitrogens with zero attached hydrogens (tertiary/aromatic N) is 2. The molecule has 0 aliphatic carbocycles. The predicted octanol–water partition coefficient (Wildman–Crippen LogP) is 1.29. The minimum atomic E-state index is -0.131. The van der Waals surface area contributed by atoms with Gasteiger partial charge in [-0.25, -0.2) is 0 Å². The molecule has 1 spiro atoms. The molecule has 1 atom stereocenters. The van der Waals surface area contributed by atoms with Crippen LogP contribution in [0.15, 0.2) is 29.3 Å². The SMILES string of the molecule is C#Cc1cccc(NC(=O)CNC(=NC)N2CCC3(CCOC3)C2)c1. The average molecular weight is 340 g/mol. The van der Waals surface area contributed by atoms with Crippen molar-refractivity contribution in [1.29, 1.82) is 0 Å². The largest absolute Gasteiger partial charge is 0.381 e. The van der Waals surface area contributed by atoms with E-state index in [0.717, 1.165) is 50.7 Å². The average Bonchev–Trinajstić information content (AvgIpc) is 3.26. The van der Waals surface area contributed by atoms with E-state index in [4.69, 9.17) is 11.2 Å². The number of rotatable bonds is 3. The monoisotopic (exact) mass is 340 g/mol. The Bertz CT molecular complexity index is 702. The third kappa shape index (κ3) is 4.12. The summed E-state index contributed by atoms with van der Waals surface area (Å²) in [6, 6.07) is 7.24. The van der Waals surface area contributed by atoms with E-state index in [0.29, 0.717) is 5.69 Å². The highest BCUT2D eigenvalue weighted by molar-refractivity contribution is 5.95. The Hall–Kier alpha value is -2.52. The molecule has 1 aromatic carbocycles. The van der Waals surface area contributed by atoms with Gasteiger partial charge in [-0.1, -0.05) is 12.0 Å². The first-order valence-electron chi connectivity index (χ1n) is 8.54. The van der Waals surface area contributed by atoms with Gasteiger partial charge in [0.05, 0.1) is 13.2 Å². The smallest absolute Gasteiger partial charge is 0.243 e. The van der Waals surface area contributed by atoms with Crippen LogP contribution in [0.3, 0.4) is 0 Å². The standard InChI is InChI=1S/C19H24N4O2/c1-3-15-5-4-6-16(11-15)22-17(24)12-21-18(20-2)23-9-7-19(13-23)8-10-25-14-19/h1,4-6,11H,7-10,12-14H2,2H3,(H,20,21)(H,22,24). The van der Waals surface area contributed by atoms with E-state index >= 15 is 0 Å². The zero-order valence-electron chi connectivity index (χ0n) is 14.5. The highest BCUT2D eigenvalue weighted by Crippen LogP contribution is 2.38. The Morgan fingerprint density at radius 1 is 1.48 bits per heavy atom. The van der Waals surface area contributed by atoms with Crippen molar-refractivity contribution in [1.82, 2.24) is 10.2 Å². The number of guanidine groups is 1. The summed E-state index contributed by atoms with van der Waals surface area (Å²) in [6.07, 6.45) is 7.59. The maximum absolute atomic E-state index is 12.2.